The Kier molecular flexibility index (Phi) is 3.92. The van der Waals surface area contributed by atoms with E-state index < -0.39 is 0 Å². The van der Waals surface area contributed by atoms with Gasteiger partial charge >= 0.3 is 0 Å². The first-order chi connectivity index (χ1) is 5.30. The lowest BCUT2D eigenvalue weighted by Crippen LogP contribution is -2.17. The summed E-state index contributed by atoms with van der Waals surface area (Å²) in [5.74, 6) is 0.593. The SMILES string of the molecule is CC(O)C1CCCCCCC1. The molecule has 0 aromatic heterocycles. The van der Waals surface area contributed by atoms with Crippen molar-refractivity contribution in [2.75, 3.05) is 0 Å². The summed E-state index contributed by atoms with van der Waals surface area (Å²) in [5, 5.41) is 9.39. The van der Waals surface area contributed by atoms with Gasteiger partial charge in [0.05, 0.1) is 6.10 Å². The van der Waals surface area contributed by atoms with Crippen LogP contribution in [-0.2, 0) is 0 Å². The molecule has 1 rings (SSSR count). The van der Waals surface area contributed by atoms with E-state index in [1.54, 1.807) is 0 Å². The van der Waals surface area contributed by atoms with Gasteiger partial charge in [0.1, 0.15) is 0 Å². The van der Waals surface area contributed by atoms with Gasteiger partial charge in [0.2, 0.25) is 0 Å². The Hall–Kier alpha value is -0.0400. The quantitative estimate of drug-likeness (QED) is 0.619. The zero-order valence-electron chi connectivity index (χ0n) is 7.55. The van der Waals surface area contributed by atoms with E-state index in [4.69, 9.17) is 0 Å². The Morgan fingerprint density at radius 1 is 1.00 bits per heavy atom. The molecular formula is C10H20O. The third kappa shape index (κ3) is 3.24. The molecule has 0 radical (unpaired) electrons. The van der Waals surface area contributed by atoms with Crippen LogP contribution >= 0.6 is 0 Å². The molecule has 1 fully saturated rings. The summed E-state index contributed by atoms with van der Waals surface area (Å²) in [6, 6.07) is 0. The number of hydrogen-bond acceptors (Lipinski definition) is 1. The van der Waals surface area contributed by atoms with Crippen LogP contribution < -0.4 is 0 Å². The molecule has 1 atom stereocenters. The zero-order valence-corrected chi connectivity index (χ0v) is 7.55. The molecule has 1 aliphatic carbocycles. The van der Waals surface area contributed by atoms with Crippen molar-refractivity contribution < 1.29 is 5.11 Å². The van der Waals surface area contributed by atoms with E-state index in [0.29, 0.717) is 5.92 Å². The lowest BCUT2D eigenvalue weighted by atomic mass is 9.88. The van der Waals surface area contributed by atoms with Crippen molar-refractivity contribution in [3.63, 3.8) is 0 Å². The maximum Gasteiger partial charge on any atom is 0.0540 e. The number of aliphatic hydroxyl groups is 1. The second-order valence-electron chi connectivity index (χ2n) is 3.85. The van der Waals surface area contributed by atoms with Crippen molar-refractivity contribution in [1.82, 2.24) is 0 Å². The van der Waals surface area contributed by atoms with E-state index >= 15 is 0 Å². The molecule has 0 aromatic rings. The molecule has 1 N–H and O–H groups in total. The lowest BCUT2D eigenvalue weighted by Gasteiger charge is -2.21. The monoisotopic (exact) mass is 156 g/mol. The molecule has 1 aliphatic rings. The van der Waals surface area contributed by atoms with Crippen LogP contribution in [0.2, 0.25) is 0 Å². The molecule has 0 aromatic carbocycles. The summed E-state index contributed by atoms with van der Waals surface area (Å²) in [7, 11) is 0. The van der Waals surface area contributed by atoms with Gasteiger partial charge in [-0.1, -0.05) is 32.1 Å². The number of hydrogen-bond donors (Lipinski definition) is 1. The molecule has 0 saturated heterocycles. The van der Waals surface area contributed by atoms with Crippen LogP contribution in [0.15, 0.2) is 0 Å². The molecule has 1 saturated carbocycles. The minimum atomic E-state index is -0.0758. The van der Waals surface area contributed by atoms with E-state index in [1.807, 2.05) is 6.92 Å². The second-order valence-corrected chi connectivity index (χ2v) is 3.85. The largest absolute Gasteiger partial charge is 0.393 e. The fourth-order valence-corrected chi connectivity index (χ4v) is 1.97. The number of rotatable bonds is 1. The van der Waals surface area contributed by atoms with Gasteiger partial charge in [0.15, 0.2) is 0 Å². The summed E-state index contributed by atoms with van der Waals surface area (Å²) in [4.78, 5) is 0. The second kappa shape index (κ2) is 4.76. The third-order valence-corrected chi connectivity index (χ3v) is 2.83. The Morgan fingerprint density at radius 3 is 1.91 bits per heavy atom. The van der Waals surface area contributed by atoms with E-state index in [-0.39, 0.29) is 6.10 Å². The zero-order chi connectivity index (χ0) is 8.10. The van der Waals surface area contributed by atoms with Crippen LogP contribution in [0, 0.1) is 5.92 Å². The molecule has 1 heteroatoms. The minimum absolute atomic E-state index is 0.0758. The molecule has 66 valence electrons. The van der Waals surface area contributed by atoms with Gasteiger partial charge in [-0.3, -0.25) is 0 Å². The Balaban J connectivity index is 2.26. The molecule has 1 nitrogen and oxygen atoms in total. The van der Waals surface area contributed by atoms with E-state index in [9.17, 15) is 5.11 Å². The lowest BCUT2D eigenvalue weighted by molar-refractivity contribution is 0.108. The predicted octanol–water partition coefficient (Wildman–Crippen LogP) is 2.73. The summed E-state index contributed by atoms with van der Waals surface area (Å²) in [6.45, 7) is 1.94. The molecular weight excluding hydrogens is 136 g/mol. The van der Waals surface area contributed by atoms with Crippen molar-refractivity contribution in [3.8, 4) is 0 Å². The summed E-state index contributed by atoms with van der Waals surface area (Å²) < 4.78 is 0. The standard InChI is InChI=1S/C10H20O/c1-9(11)10-7-5-3-2-4-6-8-10/h9-11H,2-8H2,1H3. The average molecular weight is 156 g/mol. The number of aliphatic hydroxyl groups excluding tert-OH is 1. The van der Waals surface area contributed by atoms with Crippen molar-refractivity contribution in [2.24, 2.45) is 5.92 Å². The van der Waals surface area contributed by atoms with E-state index in [1.165, 1.54) is 44.9 Å². The Bertz CT molecular complexity index is 91.0. The first-order valence-electron chi connectivity index (χ1n) is 4.99. The van der Waals surface area contributed by atoms with Gasteiger partial charge in [-0.05, 0) is 25.7 Å². The first kappa shape index (κ1) is 9.05. The van der Waals surface area contributed by atoms with Gasteiger partial charge in [0.25, 0.3) is 0 Å². The van der Waals surface area contributed by atoms with Crippen LogP contribution in [0.4, 0.5) is 0 Å². The van der Waals surface area contributed by atoms with Gasteiger partial charge in [0, 0.05) is 0 Å². The highest BCUT2D eigenvalue weighted by molar-refractivity contribution is 4.67. The third-order valence-electron chi connectivity index (χ3n) is 2.83. The van der Waals surface area contributed by atoms with Gasteiger partial charge in [-0.15, -0.1) is 0 Å². The molecule has 11 heavy (non-hydrogen) atoms. The fourth-order valence-electron chi connectivity index (χ4n) is 1.97. The highest BCUT2D eigenvalue weighted by atomic mass is 16.3. The average Bonchev–Trinajstić information content (AvgIpc) is 1.84. The molecule has 0 spiro atoms. The minimum Gasteiger partial charge on any atom is -0.393 e. The van der Waals surface area contributed by atoms with Gasteiger partial charge in [-0.2, -0.15) is 0 Å². The molecule has 0 bridgehead atoms. The van der Waals surface area contributed by atoms with E-state index in [2.05, 4.69) is 0 Å². The van der Waals surface area contributed by atoms with Gasteiger partial charge in [-0.25, -0.2) is 0 Å². The first-order valence-corrected chi connectivity index (χ1v) is 4.99. The van der Waals surface area contributed by atoms with Crippen molar-refractivity contribution in [2.45, 2.75) is 58.0 Å². The van der Waals surface area contributed by atoms with E-state index in [0.717, 1.165) is 0 Å². The van der Waals surface area contributed by atoms with Gasteiger partial charge < -0.3 is 5.11 Å². The summed E-state index contributed by atoms with van der Waals surface area (Å²) in [6.07, 6.45) is 9.24. The predicted molar refractivity (Wildman–Crippen MR) is 47.5 cm³/mol. The van der Waals surface area contributed by atoms with Crippen LogP contribution in [-0.4, -0.2) is 11.2 Å². The molecule has 1 unspecified atom stereocenters. The van der Waals surface area contributed by atoms with Crippen LogP contribution in [0.5, 0.6) is 0 Å². The Labute approximate surface area is 69.8 Å². The highest BCUT2D eigenvalue weighted by Crippen LogP contribution is 2.24. The smallest absolute Gasteiger partial charge is 0.0540 e. The maximum atomic E-state index is 9.39. The fraction of sp³-hybridized carbons (Fsp3) is 1.00. The maximum absolute atomic E-state index is 9.39. The summed E-state index contributed by atoms with van der Waals surface area (Å²) in [5.41, 5.74) is 0. The van der Waals surface area contributed by atoms with Crippen molar-refractivity contribution in [1.29, 1.82) is 0 Å². The normalized spacial score (nSPS) is 25.6. The van der Waals surface area contributed by atoms with Crippen LogP contribution in [0.3, 0.4) is 0 Å². The molecule has 0 heterocycles. The topological polar surface area (TPSA) is 20.2 Å². The van der Waals surface area contributed by atoms with Crippen molar-refractivity contribution in [3.05, 3.63) is 0 Å². The molecule has 0 amide bonds. The van der Waals surface area contributed by atoms with Crippen molar-refractivity contribution >= 4 is 0 Å². The van der Waals surface area contributed by atoms with Crippen LogP contribution in [0.1, 0.15) is 51.9 Å². The Morgan fingerprint density at radius 2 is 1.45 bits per heavy atom. The van der Waals surface area contributed by atoms with Crippen LogP contribution in [0.25, 0.3) is 0 Å². The summed E-state index contributed by atoms with van der Waals surface area (Å²) >= 11 is 0. The molecule has 0 aliphatic heterocycles. The highest BCUT2D eigenvalue weighted by Gasteiger charge is 2.15.